The van der Waals surface area contributed by atoms with Crippen LogP contribution in [-0.4, -0.2) is 48.8 Å². The van der Waals surface area contributed by atoms with Crippen LogP contribution in [0.1, 0.15) is 51.9 Å². The van der Waals surface area contributed by atoms with Gasteiger partial charge < -0.3 is 15.4 Å². The summed E-state index contributed by atoms with van der Waals surface area (Å²) in [6.07, 6.45) is 9.79. The molecule has 130 valence electrons. The lowest BCUT2D eigenvalue weighted by molar-refractivity contribution is -0.125. The molecule has 4 unspecified atom stereocenters. The van der Waals surface area contributed by atoms with E-state index < -0.39 is 0 Å². The van der Waals surface area contributed by atoms with Crippen molar-refractivity contribution in [3.63, 3.8) is 0 Å². The van der Waals surface area contributed by atoms with Crippen molar-refractivity contribution in [1.29, 1.82) is 0 Å². The van der Waals surface area contributed by atoms with E-state index in [2.05, 4.69) is 34.3 Å². The lowest BCUT2D eigenvalue weighted by Gasteiger charge is -2.57. The fraction of sp³-hybridized carbons (Fsp3) is 0.944. The van der Waals surface area contributed by atoms with Gasteiger partial charge in [-0.1, -0.05) is 12.8 Å². The molecule has 5 heteroatoms. The van der Waals surface area contributed by atoms with Crippen LogP contribution >= 0.6 is 11.8 Å². The van der Waals surface area contributed by atoms with Gasteiger partial charge in [-0.15, -0.1) is 0 Å². The molecular weight excluding hydrogens is 306 g/mol. The van der Waals surface area contributed by atoms with E-state index in [1.54, 1.807) is 0 Å². The summed E-state index contributed by atoms with van der Waals surface area (Å²) in [6.45, 7) is 4.35. The van der Waals surface area contributed by atoms with Gasteiger partial charge in [0.15, 0.2) is 5.96 Å². The number of fused-ring (bicyclic) bond motifs is 2. The molecule has 4 atom stereocenters. The standard InChI is InChI=1S/C18H31N3OS/c1-17(7-5-11-23-17)12-20-16(19-2)21-14-13-6-10-22-15(13)18(14)8-3-4-9-18/h13-15H,3-12H2,1-2H3,(H2,19,20,21). The molecule has 0 bridgehead atoms. The first-order valence-corrected chi connectivity index (χ1v) is 10.4. The van der Waals surface area contributed by atoms with Crippen molar-refractivity contribution < 1.29 is 4.74 Å². The number of hydrogen-bond donors (Lipinski definition) is 2. The topological polar surface area (TPSA) is 45.7 Å². The number of guanidine groups is 1. The monoisotopic (exact) mass is 337 g/mol. The van der Waals surface area contributed by atoms with Gasteiger partial charge in [-0.3, -0.25) is 4.99 Å². The fourth-order valence-electron chi connectivity index (χ4n) is 5.49. The molecule has 2 aliphatic heterocycles. The molecule has 0 amide bonds. The third kappa shape index (κ3) is 2.68. The number of rotatable bonds is 3. The van der Waals surface area contributed by atoms with Gasteiger partial charge in [0.05, 0.1) is 6.10 Å². The summed E-state index contributed by atoms with van der Waals surface area (Å²) in [5, 5.41) is 7.41. The van der Waals surface area contributed by atoms with E-state index in [0.717, 1.165) is 19.1 Å². The van der Waals surface area contributed by atoms with Crippen LogP contribution in [0.25, 0.3) is 0 Å². The van der Waals surface area contributed by atoms with Crippen LogP contribution in [0.4, 0.5) is 0 Å². The van der Waals surface area contributed by atoms with Crippen LogP contribution in [0, 0.1) is 11.3 Å². The molecule has 4 aliphatic rings. The molecule has 4 nitrogen and oxygen atoms in total. The highest BCUT2D eigenvalue weighted by atomic mass is 32.2. The van der Waals surface area contributed by atoms with Gasteiger partial charge in [0.1, 0.15) is 0 Å². The van der Waals surface area contributed by atoms with E-state index in [1.807, 2.05) is 7.05 Å². The maximum atomic E-state index is 6.09. The first kappa shape index (κ1) is 16.1. The van der Waals surface area contributed by atoms with Gasteiger partial charge in [-0.2, -0.15) is 11.8 Å². The Hall–Kier alpha value is -0.420. The first-order valence-electron chi connectivity index (χ1n) is 9.40. The quantitative estimate of drug-likeness (QED) is 0.614. The maximum absolute atomic E-state index is 6.09. The maximum Gasteiger partial charge on any atom is 0.191 e. The van der Waals surface area contributed by atoms with Crippen molar-refractivity contribution in [3.8, 4) is 0 Å². The highest BCUT2D eigenvalue weighted by Crippen LogP contribution is 2.60. The summed E-state index contributed by atoms with van der Waals surface area (Å²) in [7, 11) is 1.90. The Morgan fingerprint density at radius 2 is 2.09 bits per heavy atom. The minimum absolute atomic E-state index is 0.376. The molecule has 23 heavy (non-hydrogen) atoms. The molecule has 0 radical (unpaired) electrons. The molecule has 2 N–H and O–H groups in total. The summed E-state index contributed by atoms with van der Waals surface area (Å²) in [4.78, 5) is 4.52. The smallest absolute Gasteiger partial charge is 0.191 e. The zero-order chi connectivity index (χ0) is 15.9. The number of hydrogen-bond acceptors (Lipinski definition) is 3. The fourth-order valence-corrected chi connectivity index (χ4v) is 6.74. The van der Waals surface area contributed by atoms with Gasteiger partial charge in [-0.05, 0) is 44.8 Å². The van der Waals surface area contributed by atoms with Gasteiger partial charge >= 0.3 is 0 Å². The lowest BCUT2D eigenvalue weighted by atomic mass is 9.54. The predicted molar refractivity (Wildman–Crippen MR) is 97.1 cm³/mol. The lowest BCUT2D eigenvalue weighted by Crippen LogP contribution is -2.69. The Bertz CT molecular complexity index is 469. The second-order valence-corrected chi connectivity index (χ2v) is 9.82. The van der Waals surface area contributed by atoms with Crippen LogP contribution in [0.15, 0.2) is 4.99 Å². The van der Waals surface area contributed by atoms with Crippen molar-refractivity contribution >= 4 is 17.7 Å². The summed E-state index contributed by atoms with van der Waals surface area (Å²) < 4.78 is 6.47. The molecule has 4 fully saturated rings. The Morgan fingerprint density at radius 1 is 1.26 bits per heavy atom. The van der Waals surface area contributed by atoms with Crippen molar-refractivity contribution in [2.24, 2.45) is 16.3 Å². The summed E-state index contributed by atoms with van der Waals surface area (Å²) in [5.74, 6) is 3.00. The molecule has 0 aromatic carbocycles. The molecule has 1 spiro atoms. The zero-order valence-corrected chi connectivity index (χ0v) is 15.4. The molecule has 2 saturated carbocycles. The highest BCUT2D eigenvalue weighted by Gasteiger charge is 2.65. The summed E-state index contributed by atoms with van der Waals surface area (Å²) in [5.41, 5.74) is 0.394. The van der Waals surface area contributed by atoms with E-state index in [-0.39, 0.29) is 0 Å². The first-order chi connectivity index (χ1) is 11.2. The number of nitrogens with one attached hydrogen (secondary N) is 2. The van der Waals surface area contributed by atoms with Gasteiger partial charge in [0, 0.05) is 42.3 Å². The Kier molecular flexibility index (Phi) is 4.29. The van der Waals surface area contributed by atoms with Gasteiger partial charge in [0.25, 0.3) is 0 Å². The molecule has 0 aromatic rings. The number of nitrogens with zero attached hydrogens (tertiary/aromatic N) is 1. The molecule has 0 aromatic heterocycles. The number of aliphatic imine (C=N–C) groups is 1. The van der Waals surface area contributed by atoms with Crippen LogP contribution in [-0.2, 0) is 4.74 Å². The molecular formula is C18H31N3OS. The average molecular weight is 338 g/mol. The summed E-state index contributed by atoms with van der Waals surface area (Å²) in [6, 6.07) is 0.563. The molecule has 2 aliphatic carbocycles. The van der Waals surface area contributed by atoms with Crippen molar-refractivity contribution in [2.45, 2.75) is 68.8 Å². The largest absolute Gasteiger partial charge is 0.377 e. The van der Waals surface area contributed by atoms with Gasteiger partial charge in [0.2, 0.25) is 0 Å². The Balaban J connectivity index is 1.39. The average Bonchev–Trinajstić information content (AvgIpc) is 3.27. The molecule has 2 heterocycles. The van der Waals surface area contributed by atoms with Crippen LogP contribution < -0.4 is 10.6 Å². The second kappa shape index (κ2) is 6.14. The SMILES string of the molecule is CN=C(NCC1(C)CCCS1)NC1C2CCOC2C12CCCC2. The minimum atomic E-state index is 0.376. The molecule has 2 saturated heterocycles. The third-order valence-corrected chi connectivity index (χ3v) is 8.27. The van der Waals surface area contributed by atoms with E-state index >= 15 is 0 Å². The second-order valence-electron chi connectivity index (χ2n) is 8.13. The normalized spacial score (nSPS) is 41.8. The van der Waals surface area contributed by atoms with Crippen molar-refractivity contribution in [3.05, 3.63) is 0 Å². The highest BCUT2D eigenvalue weighted by molar-refractivity contribution is 8.00. The van der Waals surface area contributed by atoms with E-state index in [4.69, 9.17) is 4.74 Å². The van der Waals surface area contributed by atoms with Crippen molar-refractivity contribution in [1.82, 2.24) is 10.6 Å². The number of ether oxygens (including phenoxy) is 1. The van der Waals surface area contributed by atoms with E-state index in [1.165, 1.54) is 50.7 Å². The predicted octanol–water partition coefficient (Wildman–Crippen LogP) is 2.78. The van der Waals surface area contributed by atoms with Crippen LogP contribution in [0.3, 0.4) is 0 Å². The molecule has 4 rings (SSSR count). The Labute approximate surface area is 144 Å². The van der Waals surface area contributed by atoms with Crippen LogP contribution in [0.5, 0.6) is 0 Å². The summed E-state index contributed by atoms with van der Waals surface area (Å²) >= 11 is 2.10. The zero-order valence-electron chi connectivity index (χ0n) is 14.6. The number of thioether (sulfide) groups is 1. The minimum Gasteiger partial charge on any atom is -0.377 e. The van der Waals surface area contributed by atoms with E-state index in [0.29, 0.717) is 28.2 Å². The third-order valence-electron chi connectivity index (χ3n) is 6.73. The Morgan fingerprint density at radius 3 is 2.78 bits per heavy atom. The van der Waals surface area contributed by atoms with Crippen LogP contribution in [0.2, 0.25) is 0 Å². The van der Waals surface area contributed by atoms with Gasteiger partial charge in [-0.25, -0.2) is 0 Å². The van der Waals surface area contributed by atoms with Crippen molar-refractivity contribution in [2.75, 3.05) is 26.0 Å². The van der Waals surface area contributed by atoms with E-state index in [9.17, 15) is 0 Å².